The van der Waals surface area contributed by atoms with Gasteiger partial charge in [0.05, 0.1) is 11.1 Å². The molecule has 1 saturated heterocycles. The summed E-state index contributed by atoms with van der Waals surface area (Å²) >= 11 is 0. The summed E-state index contributed by atoms with van der Waals surface area (Å²) in [6, 6.07) is 1.20. The minimum Gasteiger partial charge on any atom is -0.478 e. The monoisotopic (exact) mass is 297 g/mol. The SMILES string of the molecule is CCC1CCC(C)N1C(=O)c1cc(F)c(F)cc1C(=O)O. The molecule has 2 unspecified atom stereocenters. The van der Waals surface area contributed by atoms with Gasteiger partial charge in [0.2, 0.25) is 0 Å². The zero-order valence-corrected chi connectivity index (χ0v) is 11.9. The fraction of sp³-hybridized carbons (Fsp3) is 0.467. The molecule has 1 amide bonds. The van der Waals surface area contributed by atoms with Crippen molar-refractivity contribution >= 4 is 11.9 Å². The fourth-order valence-electron chi connectivity index (χ4n) is 2.88. The van der Waals surface area contributed by atoms with Crippen molar-refractivity contribution in [3.63, 3.8) is 0 Å². The number of carbonyl (C=O) groups is 2. The molecular weight excluding hydrogens is 280 g/mol. The highest BCUT2D eigenvalue weighted by Gasteiger charge is 2.35. The number of rotatable bonds is 3. The highest BCUT2D eigenvalue weighted by molar-refractivity contribution is 6.05. The van der Waals surface area contributed by atoms with Crippen LogP contribution in [0.2, 0.25) is 0 Å². The van der Waals surface area contributed by atoms with Crippen molar-refractivity contribution in [2.24, 2.45) is 0 Å². The quantitative estimate of drug-likeness (QED) is 0.932. The molecule has 2 atom stereocenters. The Bertz CT molecular complexity index is 589. The Morgan fingerprint density at radius 1 is 1.24 bits per heavy atom. The van der Waals surface area contributed by atoms with Crippen molar-refractivity contribution in [2.75, 3.05) is 0 Å². The number of nitrogens with zero attached hydrogens (tertiary/aromatic N) is 1. The van der Waals surface area contributed by atoms with Crippen molar-refractivity contribution < 1.29 is 23.5 Å². The van der Waals surface area contributed by atoms with Gasteiger partial charge in [0.1, 0.15) is 0 Å². The van der Waals surface area contributed by atoms with Crippen LogP contribution >= 0.6 is 0 Å². The largest absolute Gasteiger partial charge is 0.478 e. The first-order chi connectivity index (χ1) is 9.86. The molecule has 1 fully saturated rings. The molecule has 0 aromatic heterocycles. The molecule has 1 aromatic carbocycles. The van der Waals surface area contributed by atoms with Crippen molar-refractivity contribution in [1.29, 1.82) is 0 Å². The average molecular weight is 297 g/mol. The van der Waals surface area contributed by atoms with E-state index in [4.69, 9.17) is 5.11 Å². The molecule has 21 heavy (non-hydrogen) atoms. The van der Waals surface area contributed by atoms with Gasteiger partial charge in [0.15, 0.2) is 11.6 Å². The summed E-state index contributed by atoms with van der Waals surface area (Å²) in [5.41, 5.74) is -0.804. The molecule has 0 saturated carbocycles. The van der Waals surface area contributed by atoms with Crippen LogP contribution in [0.4, 0.5) is 8.78 Å². The van der Waals surface area contributed by atoms with Crippen LogP contribution in [0.5, 0.6) is 0 Å². The molecule has 114 valence electrons. The molecule has 1 aliphatic heterocycles. The summed E-state index contributed by atoms with van der Waals surface area (Å²) in [7, 11) is 0. The number of amides is 1. The van der Waals surface area contributed by atoms with E-state index < -0.39 is 29.1 Å². The van der Waals surface area contributed by atoms with E-state index in [0.717, 1.165) is 19.3 Å². The van der Waals surface area contributed by atoms with E-state index in [2.05, 4.69) is 0 Å². The van der Waals surface area contributed by atoms with E-state index in [1.165, 1.54) is 0 Å². The van der Waals surface area contributed by atoms with Crippen molar-refractivity contribution in [3.8, 4) is 0 Å². The Labute approximate surface area is 121 Å². The molecule has 0 bridgehead atoms. The van der Waals surface area contributed by atoms with Gasteiger partial charge in [0, 0.05) is 12.1 Å². The van der Waals surface area contributed by atoms with Crippen LogP contribution in [0.1, 0.15) is 53.8 Å². The Morgan fingerprint density at radius 3 is 2.33 bits per heavy atom. The van der Waals surface area contributed by atoms with Gasteiger partial charge in [-0.2, -0.15) is 0 Å². The number of hydrogen-bond donors (Lipinski definition) is 1. The molecule has 1 heterocycles. The number of hydrogen-bond acceptors (Lipinski definition) is 2. The normalized spacial score (nSPS) is 21.6. The number of likely N-dealkylation sites (tertiary alicyclic amines) is 1. The molecule has 1 N–H and O–H groups in total. The lowest BCUT2D eigenvalue weighted by atomic mass is 10.0. The smallest absolute Gasteiger partial charge is 0.336 e. The number of benzene rings is 1. The van der Waals surface area contributed by atoms with Crippen molar-refractivity contribution in [1.82, 2.24) is 4.90 Å². The van der Waals surface area contributed by atoms with E-state index in [-0.39, 0.29) is 17.6 Å². The molecular formula is C15H17F2NO3. The van der Waals surface area contributed by atoms with Gasteiger partial charge in [-0.3, -0.25) is 4.79 Å². The summed E-state index contributed by atoms with van der Waals surface area (Å²) in [6.45, 7) is 3.81. The van der Waals surface area contributed by atoms with Gasteiger partial charge in [-0.15, -0.1) is 0 Å². The Morgan fingerprint density at radius 2 is 1.81 bits per heavy atom. The molecule has 1 aliphatic rings. The lowest BCUT2D eigenvalue weighted by Crippen LogP contribution is -2.40. The lowest BCUT2D eigenvalue weighted by Gasteiger charge is -2.28. The molecule has 1 aromatic rings. The van der Waals surface area contributed by atoms with Crippen molar-refractivity contribution in [2.45, 2.75) is 45.2 Å². The maximum absolute atomic E-state index is 13.4. The number of halogens is 2. The topological polar surface area (TPSA) is 57.6 Å². The van der Waals surface area contributed by atoms with Gasteiger partial charge in [-0.05, 0) is 38.3 Å². The zero-order valence-electron chi connectivity index (χ0n) is 11.9. The number of aromatic carboxylic acids is 1. The molecule has 2 rings (SSSR count). The van der Waals surface area contributed by atoms with Gasteiger partial charge in [-0.1, -0.05) is 6.92 Å². The predicted octanol–water partition coefficient (Wildman–Crippen LogP) is 3.07. The van der Waals surface area contributed by atoms with Crippen LogP contribution in [-0.4, -0.2) is 34.0 Å². The molecule has 0 radical (unpaired) electrons. The van der Waals surface area contributed by atoms with Gasteiger partial charge >= 0.3 is 5.97 Å². The summed E-state index contributed by atoms with van der Waals surface area (Å²) in [4.78, 5) is 25.3. The van der Waals surface area contributed by atoms with Crippen LogP contribution in [-0.2, 0) is 0 Å². The van der Waals surface area contributed by atoms with E-state index >= 15 is 0 Å². The van der Waals surface area contributed by atoms with E-state index in [9.17, 15) is 18.4 Å². The second-order valence-electron chi connectivity index (χ2n) is 5.32. The first kappa shape index (κ1) is 15.4. The maximum atomic E-state index is 13.4. The van der Waals surface area contributed by atoms with Crippen LogP contribution in [0.3, 0.4) is 0 Å². The van der Waals surface area contributed by atoms with Crippen LogP contribution in [0.15, 0.2) is 12.1 Å². The second-order valence-corrected chi connectivity index (χ2v) is 5.32. The summed E-state index contributed by atoms with van der Waals surface area (Å²) in [5, 5.41) is 9.10. The molecule has 6 heteroatoms. The summed E-state index contributed by atoms with van der Waals surface area (Å²) in [5.74, 6) is -4.49. The summed E-state index contributed by atoms with van der Waals surface area (Å²) < 4.78 is 26.6. The van der Waals surface area contributed by atoms with E-state index in [0.29, 0.717) is 12.1 Å². The standard InChI is InChI=1S/C15H17F2NO3/c1-3-9-5-4-8(2)18(9)14(19)10-6-12(16)13(17)7-11(10)15(20)21/h6-9H,3-5H2,1-2H3,(H,20,21). The Kier molecular flexibility index (Phi) is 4.25. The first-order valence-corrected chi connectivity index (χ1v) is 6.91. The summed E-state index contributed by atoms with van der Waals surface area (Å²) in [6.07, 6.45) is 2.38. The lowest BCUT2D eigenvalue weighted by molar-refractivity contribution is 0.0641. The van der Waals surface area contributed by atoms with Crippen LogP contribution < -0.4 is 0 Å². The van der Waals surface area contributed by atoms with Crippen LogP contribution in [0.25, 0.3) is 0 Å². The van der Waals surface area contributed by atoms with E-state index in [1.807, 2.05) is 13.8 Å². The van der Waals surface area contributed by atoms with Crippen LogP contribution in [0, 0.1) is 11.6 Å². The Hall–Kier alpha value is -1.98. The molecule has 4 nitrogen and oxygen atoms in total. The minimum absolute atomic E-state index is 0.00209. The third-order valence-electron chi connectivity index (χ3n) is 4.01. The van der Waals surface area contributed by atoms with Gasteiger partial charge < -0.3 is 10.0 Å². The van der Waals surface area contributed by atoms with Gasteiger partial charge in [0.25, 0.3) is 5.91 Å². The molecule has 0 spiro atoms. The predicted molar refractivity (Wildman–Crippen MR) is 72.3 cm³/mol. The van der Waals surface area contributed by atoms with Gasteiger partial charge in [-0.25, -0.2) is 13.6 Å². The zero-order chi connectivity index (χ0) is 15.7. The second kappa shape index (κ2) is 5.79. The maximum Gasteiger partial charge on any atom is 0.336 e. The number of carbonyl (C=O) groups excluding carboxylic acids is 1. The number of carboxylic acids is 1. The minimum atomic E-state index is -1.45. The molecule has 0 aliphatic carbocycles. The highest BCUT2D eigenvalue weighted by Crippen LogP contribution is 2.29. The van der Waals surface area contributed by atoms with E-state index in [1.54, 1.807) is 4.90 Å². The third kappa shape index (κ3) is 2.75. The fourth-order valence-corrected chi connectivity index (χ4v) is 2.88. The Balaban J connectivity index is 2.47. The number of carboxylic acid groups (broad SMARTS) is 1. The van der Waals surface area contributed by atoms with Crippen molar-refractivity contribution in [3.05, 3.63) is 34.9 Å². The first-order valence-electron chi connectivity index (χ1n) is 6.91. The third-order valence-corrected chi connectivity index (χ3v) is 4.01. The highest BCUT2D eigenvalue weighted by atomic mass is 19.2. The average Bonchev–Trinajstić information content (AvgIpc) is 2.81.